The van der Waals surface area contributed by atoms with E-state index in [0.717, 1.165) is 24.0 Å². The van der Waals surface area contributed by atoms with Crippen LogP contribution < -0.4 is 0 Å². The zero-order chi connectivity index (χ0) is 9.09. The highest BCUT2D eigenvalue weighted by atomic mass is 15.3. The molecule has 1 nitrogen and oxygen atoms in total. The maximum absolute atomic E-state index is 2.71. The SMILES string of the molecule is CC(C)N1C2CC2C1C(C)(C)C. The van der Waals surface area contributed by atoms with Crippen LogP contribution in [0.4, 0.5) is 0 Å². The van der Waals surface area contributed by atoms with Gasteiger partial charge in [0.05, 0.1) is 0 Å². The van der Waals surface area contributed by atoms with Crippen LogP contribution in [-0.4, -0.2) is 23.0 Å². The Morgan fingerprint density at radius 3 is 2.17 bits per heavy atom. The lowest BCUT2D eigenvalue weighted by molar-refractivity contribution is -0.0214. The summed E-state index contributed by atoms with van der Waals surface area (Å²) < 4.78 is 0. The van der Waals surface area contributed by atoms with Gasteiger partial charge in [-0.25, -0.2) is 0 Å². The van der Waals surface area contributed by atoms with E-state index in [9.17, 15) is 0 Å². The fraction of sp³-hybridized carbons (Fsp3) is 1.00. The molecule has 1 heteroatoms. The molecular formula is C11H21N. The van der Waals surface area contributed by atoms with Gasteiger partial charge in [-0.15, -0.1) is 0 Å². The van der Waals surface area contributed by atoms with E-state index in [0.29, 0.717) is 5.41 Å². The number of likely N-dealkylation sites (tertiary alicyclic amines) is 1. The van der Waals surface area contributed by atoms with Crippen molar-refractivity contribution < 1.29 is 0 Å². The molecular weight excluding hydrogens is 146 g/mol. The smallest absolute Gasteiger partial charge is 0.0193 e. The summed E-state index contributed by atoms with van der Waals surface area (Å²) in [6.45, 7) is 11.8. The Morgan fingerprint density at radius 2 is 1.83 bits per heavy atom. The molecule has 70 valence electrons. The summed E-state index contributed by atoms with van der Waals surface area (Å²) in [5, 5.41) is 0. The molecule has 1 saturated carbocycles. The van der Waals surface area contributed by atoms with Crippen molar-refractivity contribution in [1.29, 1.82) is 0 Å². The third-order valence-electron chi connectivity index (χ3n) is 3.40. The van der Waals surface area contributed by atoms with Gasteiger partial charge in [-0.2, -0.15) is 0 Å². The summed E-state index contributed by atoms with van der Waals surface area (Å²) in [4.78, 5) is 2.71. The first-order valence-electron chi connectivity index (χ1n) is 5.20. The van der Waals surface area contributed by atoms with Crippen molar-refractivity contribution in [1.82, 2.24) is 4.90 Å². The second-order valence-electron chi connectivity index (χ2n) is 5.82. The van der Waals surface area contributed by atoms with Crippen LogP contribution in [0.5, 0.6) is 0 Å². The highest BCUT2D eigenvalue weighted by Gasteiger charge is 2.63. The topological polar surface area (TPSA) is 3.24 Å². The van der Waals surface area contributed by atoms with Gasteiger partial charge in [0.15, 0.2) is 0 Å². The van der Waals surface area contributed by atoms with Gasteiger partial charge >= 0.3 is 0 Å². The van der Waals surface area contributed by atoms with Gasteiger partial charge < -0.3 is 0 Å². The van der Waals surface area contributed by atoms with E-state index in [-0.39, 0.29) is 0 Å². The van der Waals surface area contributed by atoms with Crippen LogP contribution in [0.25, 0.3) is 0 Å². The molecule has 0 aromatic heterocycles. The Bertz CT molecular complexity index is 188. The van der Waals surface area contributed by atoms with E-state index < -0.39 is 0 Å². The summed E-state index contributed by atoms with van der Waals surface area (Å²) in [5.41, 5.74) is 0.488. The summed E-state index contributed by atoms with van der Waals surface area (Å²) >= 11 is 0. The van der Waals surface area contributed by atoms with Gasteiger partial charge in [-0.05, 0) is 31.6 Å². The van der Waals surface area contributed by atoms with Gasteiger partial charge in [-0.3, -0.25) is 4.90 Å². The van der Waals surface area contributed by atoms with Crippen LogP contribution in [0.2, 0.25) is 0 Å². The summed E-state index contributed by atoms with van der Waals surface area (Å²) in [6, 6.07) is 2.58. The third kappa shape index (κ3) is 1.02. The van der Waals surface area contributed by atoms with Gasteiger partial charge in [0, 0.05) is 18.1 Å². The van der Waals surface area contributed by atoms with Crippen molar-refractivity contribution in [2.75, 3.05) is 0 Å². The molecule has 1 aliphatic heterocycles. The minimum absolute atomic E-state index is 0.488. The number of nitrogens with zero attached hydrogens (tertiary/aromatic N) is 1. The van der Waals surface area contributed by atoms with E-state index in [1.807, 2.05) is 0 Å². The van der Waals surface area contributed by atoms with Gasteiger partial charge in [0.2, 0.25) is 0 Å². The normalized spacial score (nSPS) is 41.0. The second kappa shape index (κ2) is 2.25. The fourth-order valence-corrected chi connectivity index (χ4v) is 3.00. The monoisotopic (exact) mass is 167 g/mol. The lowest BCUT2D eigenvalue weighted by Gasteiger charge is -2.50. The van der Waals surface area contributed by atoms with Crippen LogP contribution in [0, 0.1) is 11.3 Å². The quantitative estimate of drug-likeness (QED) is 0.580. The molecule has 2 rings (SSSR count). The molecule has 2 fully saturated rings. The van der Waals surface area contributed by atoms with Gasteiger partial charge in [0.1, 0.15) is 0 Å². The first kappa shape index (κ1) is 8.55. The molecule has 0 aromatic rings. The van der Waals surface area contributed by atoms with Crippen molar-refractivity contribution in [2.45, 2.75) is 59.2 Å². The molecule has 2 aliphatic rings. The predicted octanol–water partition coefficient (Wildman–Crippen LogP) is 2.51. The molecule has 3 atom stereocenters. The average Bonchev–Trinajstić information content (AvgIpc) is 2.36. The number of hydrogen-bond donors (Lipinski definition) is 0. The Hall–Kier alpha value is -0.0400. The predicted molar refractivity (Wildman–Crippen MR) is 52.1 cm³/mol. The highest BCUT2D eigenvalue weighted by molar-refractivity contribution is 5.17. The minimum atomic E-state index is 0.488. The fourth-order valence-electron chi connectivity index (χ4n) is 3.00. The van der Waals surface area contributed by atoms with Crippen molar-refractivity contribution in [2.24, 2.45) is 11.3 Å². The van der Waals surface area contributed by atoms with E-state index in [2.05, 4.69) is 39.5 Å². The second-order valence-corrected chi connectivity index (χ2v) is 5.82. The molecule has 0 aromatic carbocycles. The van der Waals surface area contributed by atoms with Gasteiger partial charge in [-0.1, -0.05) is 20.8 Å². The standard InChI is InChI=1S/C11H21N/c1-7(2)12-9-6-8(9)10(12)11(3,4)5/h7-10H,6H2,1-5H3. The van der Waals surface area contributed by atoms with Crippen LogP contribution in [0.1, 0.15) is 41.0 Å². The first-order valence-corrected chi connectivity index (χ1v) is 5.20. The number of rotatable bonds is 1. The Kier molecular flexibility index (Phi) is 1.61. The lowest BCUT2D eigenvalue weighted by atomic mass is 9.78. The van der Waals surface area contributed by atoms with Gasteiger partial charge in [0.25, 0.3) is 0 Å². The Balaban J connectivity index is 2.08. The minimum Gasteiger partial charge on any atom is -0.294 e. The van der Waals surface area contributed by atoms with Crippen molar-refractivity contribution >= 4 is 0 Å². The largest absolute Gasteiger partial charge is 0.294 e. The molecule has 1 aliphatic carbocycles. The summed E-state index contributed by atoms with van der Waals surface area (Å²) in [6.07, 6.45) is 1.47. The summed E-state index contributed by atoms with van der Waals surface area (Å²) in [7, 11) is 0. The lowest BCUT2D eigenvalue weighted by Crippen LogP contribution is -2.58. The number of hydrogen-bond acceptors (Lipinski definition) is 1. The molecule has 1 heterocycles. The van der Waals surface area contributed by atoms with E-state index in [1.165, 1.54) is 6.42 Å². The molecule has 0 spiro atoms. The van der Waals surface area contributed by atoms with Crippen LogP contribution in [0.3, 0.4) is 0 Å². The molecule has 0 N–H and O–H groups in total. The zero-order valence-corrected chi connectivity index (χ0v) is 8.96. The molecule has 0 amide bonds. The molecule has 1 saturated heterocycles. The molecule has 12 heavy (non-hydrogen) atoms. The van der Waals surface area contributed by atoms with Crippen LogP contribution in [-0.2, 0) is 0 Å². The summed E-state index contributed by atoms with van der Waals surface area (Å²) in [5.74, 6) is 1.05. The third-order valence-corrected chi connectivity index (χ3v) is 3.40. The number of fused-ring (bicyclic) bond motifs is 1. The molecule has 0 bridgehead atoms. The van der Waals surface area contributed by atoms with Crippen molar-refractivity contribution in [3.05, 3.63) is 0 Å². The Labute approximate surface area is 76.1 Å². The highest BCUT2D eigenvalue weighted by Crippen LogP contribution is 2.57. The zero-order valence-electron chi connectivity index (χ0n) is 8.96. The van der Waals surface area contributed by atoms with Crippen LogP contribution >= 0.6 is 0 Å². The first-order chi connectivity index (χ1) is 5.43. The molecule has 3 unspecified atom stereocenters. The Morgan fingerprint density at radius 1 is 1.25 bits per heavy atom. The average molecular weight is 167 g/mol. The molecule has 0 radical (unpaired) electrons. The van der Waals surface area contributed by atoms with Crippen LogP contribution in [0.15, 0.2) is 0 Å². The van der Waals surface area contributed by atoms with Crippen molar-refractivity contribution in [3.8, 4) is 0 Å². The van der Waals surface area contributed by atoms with E-state index in [1.54, 1.807) is 0 Å². The maximum atomic E-state index is 2.71. The van der Waals surface area contributed by atoms with E-state index in [4.69, 9.17) is 0 Å². The van der Waals surface area contributed by atoms with Crippen molar-refractivity contribution in [3.63, 3.8) is 0 Å². The van der Waals surface area contributed by atoms with E-state index >= 15 is 0 Å². The maximum Gasteiger partial charge on any atom is 0.0193 e.